The van der Waals surface area contributed by atoms with E-state index >= 15 is 0 Å². The Hall–Kier alpha value is -1.58. The van der Waals surface area contributed by atoms with E-state index in [9.17, 15) is 9.59 Å². The zero-order valence-corrected chi connectivity index (χ0v) is 6.13. The second-order valence-electron chi connectivity index (χ2n) is 1.79. The van der Waals surface area contributed by atoms with E-state index < -0.39 is 11.5 Å². The number of carbonyl (C=O) groups excluding carboxylic acids is 2. The third-order valence-corrected chi connectivity index (χ3v) is 0.948. The van der Waals surface area contributed by atoms with Crippen LogP contribution in [0, 0.1) is 0 Å². The number of hydrogen-bond donors (Lipinski definition) is 2. The first kappa shape index (κ1) is 9.42. The van der Waals surface area contributed by atoms with E-state index in [2.05, 4.69) is 11.9 Å². The van der Waals surface area contributed by atoms with E-state index in [0.29, 0.717) is 6.29 Å². The molecule has 4 nitrogen and oxygen atoms in total. The van der Waals surface area contributed by atoms with Crippen LogP contribution in [0.3, 0.4) is 0 Å². The minimum Gasteiger partial charge on any atom is -0.503 e. The number of aldehydes is 1. The molecule has 0 aromatic rings. The molecule has 0 amide bonds. The summed E-state index contributed by atoms with van der Waals surface area (Å²) in [7, 11) is 1.52. The van der Waals surface area contributed by atoms with Crippen LogP contribution in [0.5, 0.6) is 0 Å². The highest BCUT2D eigenvalue weighted by Gasteiger charge is 2.09. The topological polar surface area (TPSA) is 66.4 Å². The SMILES string of the molecule is C=C(C=O)C(=O)/C(O)=C\NC. The van der Waals surface area contributed by atoms with Gasteiger partial charge in [0.05, 0.1) is 5.57 Å². The molecule has 0 radical (unpaired) electrons. The predicted octanol–water partition coefficient (Wildman–Crippen LogP) is -0.0706. The maximum atomic E-state index is 10.8. The Morgan fingerprint density at radius 1 is 1.64 bits per heavy atom. The lowest BCUT2D eigenvalue weighted by molar-refractivity contribution is -0.116. The highest BCUT2D eigenvalue weighted by atomic mass is 16.3. The van der Waals surface area contributed by atoms with Crippen LogP contribution in [0.15, 0.2) is 24.1 Å². The first-order valence-electron chi connectivity index (χ1n) is 2.88. The fourth-order valence-electron chi connectivity index (χ4n) is 0.420. The van der Waals surface area contributed by atoms with Gasteiger partial charge in [-0.3, -0.25) is 9.59 Å². The van der Waals surface area contributed by atoms with Gasteiger partial charge in [0.25, 0.3) is 0 Å². The molecule has 0 atom stereocenters. The van der Waals surface area contributed by atoms with Crippen LogP contribution < -0.4 is 5.32 Å². The lowest BCUT2D eigenvalue weighted by Crippen LogP contribution is -2.09. The Labute approximate surface area is 64.2 Å². The summed E-state index contributed by atoms with van der Waals surface area (Å²) in [5.41, 5.74) is -0.269. The summed E-state index contributed by atoms with van der Waals surface area (Å²) in [6.07, 6.45) is 1.37. The molecule has 4 heteroatoms. The Kier molecular flexibility index (Phi) is 3.66. The standard InChI is InChI=1S/C7H9NO3/c1-5(4-9)7(11)6(10)3-8-2/h3-4,8,10H,1H2,2H3/b6-3+. The van der Waals surface area contributed by atoms with Crippen LogP contribution in [0.25, 0.3) is 0 Å². The summed E-state index contributed by atoms with van der Waals surface area (Å²) in [6.45, 7) is 3.13. The summed E-state index contributed by atoms with van der Waals surface area (Å²) in [5, 5.41) is 11.3. The number of nitrogens with one attached hydrogen (secondary N) is 1. The maximum Gasteiger partial charge on any atom is 0.231 e. The Bertz CT molecular complexity index is 218. The van der Waals surface area contributed by atoms with Gasteiger partial charge in [-0.05, 0) is 0 Å². The average molecular weight is 155 g/mol. The quantitative estimate of drug-likeness (QED) is 0.196. The van der Waals surface area contributed by atoms with Gasteiger partial charge in [-0.1, -0.05) is 6.58 Å². The molecule has 0 fully saturated rings. The summed E-state index contributed by atoms with van der Waals surface area (Å²) in [5.74, 6) is -1.29. The number of aliphatic hydroxyl groups is 1. The van der Waals surface area contributed by atoms with Crippen molar-refractivity contribution < 1.29 is 14.7 Å². The molecule has 0 heterocycles. The monoisotopic (exact) mass is 155 g/mol. The Morgan fingerprint density at radius 3 is 2.55 bits per heavy atom. The average Bonchev–Trinajstić information content (AvgIpc) is 2.02. The molecule has 0 spiro atoms. The number of hydrogen-bond acceptors (Lipinski definition) is 4. The first-order chi connectivity index (χ1) is 5.13. The first-order valence-corrected chi connectivity index (χ1v) is 2.88. The number of allylic oxidation sites excluding steroid dienone is 1. The van der Waals surface area contributed by atoms with Crippen molar-refractivity contribution in [3.63, 3.8) is 0 Å². The molecule has 11 heavy (non-hydrogen) atoms. The van der Waals surface area contributed by atoms with Crippen molar-refractivity contribution in [2.24, 2.45) is 0 Å². The van der Waals surface area contributed by atoms with Crippen molar-refractivity contribution in [3.05, 3.63) is 24.1 Å². The molecule has 0 aromatic carbocycles. The molecule has 2 N–H and O–H groups in total. The van der Waals surface area contributed by atoms with Crippen LogP contribution in [0.4, 0.5) is 0 Å². The second kappa shape index (κ2) is 4.27. The van der Waals surface area contributed by atoms with E-state index in [-0.39, 0.29) is 5.57 Å². The molecule has 0 aliphatic carbocycles. The van der Waals surface area contributed by atoms with E-state index in [1.54, 1.807) is 0 Å². The van der Waals surface area contributed by atoms with Crippen molar-refractivity contribution in [1.29, 1.82) is 0 Å². The minimum atomic E-state index is -0.769. The van der Waals surface area contributed by atoms with Crippen molar-refractivity contribution in [2.75, 3.05) is 7.05 Å². The lowest BCUT2D eigenvalue weighted by Gasteiger charge is -1.95. The normalized spacial score (nSPS) is 10.5. The van der Waals surface area contributed by atoms with Gasteiger partial charge in [0.1, 0.15) is 0 Å². The summed E-state index contributed by atoms with van der Waals surface area (Å²) >= 11 is 0. The van der Waals surface area contributed by atoms with E-state index in [1.165, 1.54) is 7.05 Å². The van der Waals surface area contributed by atoms with E-state index in [4.69, 9.17) is 5.11 Å². The summed E-state index contributed by atoms with van der Waals surface area (Å²) in [6, 6.07) is 0. The van der Waals surface area contributed by atoms with Gasteiger partial charge in [0, 0.05) is 13.2 Å². The number of Topliss-reactive ketones (excluding diaryl/α,β-unsaturated/α-hetero) is 1. The van der Waals surface area contributed by atoms with Gasteiger partial charge in [-0.15, -0.1) is 0 Å². The van der Waals surface area contributed by atoms with E-state index in [1.807, 2.05) is 0 Å². The summed E-state index contributed by atoms with van der Waals surface area (Å²) < 4.78 is 0. The molecule has 0 bridgehead atoms. The number of ketones is 1. The molecule has 0 saturated heterocycles. The highest BCUT2D eigenvalue weighted by Crippen LogP contribution is 1.96. The zero-order valence-electron chi connectivity index (χ0n) is 6.13. The fraction of sp³-hybridized carbons (Fsp3) is 0.143. The molecule has 0 aliphatic rings. The second-order valence-corrected chi connectivity index (χ2v) is 1.79. The Balaban J connectivity index is 4.37. The molecular formula is C7H9NO3. The predicted molar refractivity (Wildman–Crippen MR) is 40.0 cm³/mol. The van der Waals surface area contributed by atoms with Gasteiger partial charge >= 0.3 is 0 Å². The Morgan fingerprint density at radius 2 is 2.18 bits per heavy atom. The molecule has 60 valence electrons. The van der Waals surface area contributed by atoms with Crippen molar-refractivity contribution in [1.82, 2.24) is 5.32 Å². The fourth-order valence-corrected chi connectivity index (χ4v) is 0.420. The highest BCUT2D eigenvalue weighted by molar-refractivity contribution is 6.18. The van der Waals surface area contributed by atoms with Crippen LogP contribution in [-0.4, -0.2) is 24.2 Å². The van der Waals surface area contributed by atoms with Crippen LogP contribution in [0.2, 0.25) is 0 Å². The van der Waals surface area contributed by atoms with Crippen molar-refractivity contribution in [3.8, 4) is 0 Å². The van der Waals surface area contributed by atoms with Crippen LogP contribution >= 0.6 is 0 Å². The zero-order chi connectivity index (χ0) is 8.85. The largest absolute Gasteiger partial charge is 0.503 e. The maximum absolute atomic E-state index is 10.8. The van der Waals surface area contributed by atoms with Gasteiger partial charge in [0.15, 0.2) is 12.0 Å². The van der Waals surface area contributed by atoms with Crippen molar-refractivity contribution >= 4 is 12.1 Å². The molecular weight excluding hydrogens is 146 g/mol. The van der Waals surface area contributed by atoms with Crippen molar-refractivity contribution in [2.45, 2.75) is 0 Å². The van der Waals surface area contributed by atoms with Gasteiger partial charge in [-0.25, -0.2) is 0 Å². The molecule has 0 aliphatic heterocycles. The number of carbonyl (C=O) groups is 2. The molecule has 0 saturated carbocycles. The minimum absolute atomic E-state index is 0.269. The summed E-state index contributed by atoms with van der Waals surface area (Å²) in [4.78, 5) is 20.8. The third-order valence-electron chi connectivity index (χ3n) is 0.948. The number of rotatable bonds is 4. The smallest absolute Gasteiger partial charge is 0.231 e. The molecule has 0 aromatic heterocycles. The molecule has 0 rings (SSSR count). The third kappa shape index (κ3) is 2.66. The van der Waals surface area contributed by atoms with Gasteiger partial charge in [-0.2, -0.15) is 0 Å². The van der Waals surface area contributed by atoms with Gasteiger partial charge in [0.2, 0.25) is 5.78 Å². The van der Waals surface area contributed by atoms with Gasteiger partial charge < -0.3 is 10.4 Å². The number of aliphatic hydroxyl groups excluding tert-OH is 1. The molecule has 0 unspecified atom stereocenters. The van der Waals surface area contributed by atoms with Crippen LogP contribution in [0.1, 0.15) is 0 Å². The lowest BCUT2D eigenvalue weighted by atomic mass is 10.2. The van der Waals surface area contributed by atoms with E-state index in [0.717, 1.165) is 6.20 Å². The van der Waals surface area contributed by atoms with Crippen LogP contribution in [-0.2, 0) is 9.59 Å².